The molecule has 0 bridgehead atoms. The van der Waals surface area contributed by atoms with Crippen molar-refractivity contribution < 1.29 is 9.53 Å². The Morgan fingerprint density at radius 3 is 3.42 bits per heavy atom. The van der Waals surface area contributed by atoms with Crippen molar-refractivity contribution in [2.45, 2.75) is 0 Å². The molecule has 0 saturated heterocycles. The summed E-state index contributed by atoms with van der Waals surface area (Å²) in [5, 5.41) is 4.54. The number of nitrogens with zero attached hydrogens (tertiary/aromatic N) is 1. The van der Waals surface area contributed by atoms with Gasteiger partial charge in [-0.3, -0.25) is 5.32 Å². The zero-order valence-electron chi connectivity index (χ0n) is 6.24. The smallest absolute Gasteiger partial charge is 0.413 e. The fraction of sp³-hybridized carbons (Fsp3) is 0.143. The van der Waals surface area contributed by atoms with Crippen molar-refractivity contribution in [3.8, 4) is 0 Å². The van der Waals surface area contributed by atoms with Crippen LogP contribution in [0.5, 0.6) is 0 Å². The Labute approximate surface area is 73.9 Å². The van der Waals surface area contributed by atoms with E-state index in [0.29, 0.717) is 5.13 Å². The van der Waals surface area contributed by atoms with E-state index >= 15 is 0 Å². The van der Waals surface area contributed by atoms with E-state index < -0.39 is 6.09 Å². The van der Waals surface area contributed by atoms with Gasteiger partial charge in [0.2, 0.25) is 0 Å². The largest absolute Gasteiger partial charge is 0.445 e. The van der Waals surface area contributed by atoms with E-state index in [0.717, 1.165) is 0 Å². The maximum absolute atomic E-state index is 10.8. The van der Waals surface area contributed by atoms with E-state index in [1.165, 1.54) is 17.4 Å². The Kier molecular flexibility index (Phi) is 3.28. The van der Waals surface area contributed by atoms with Crippen LogP contribution in [0.2, 0.25) is 0 Å². The molecule has 0 atom stereocenters. The van der Waals surface area contributed by atoms with E-state index in [9.17, 15) is 4.79 Å². The number of amides is 1. The Morgan fingerprint density at radius 1 is 2.00 bits per heavy atom. The number of carbonyl (C=O) groups excluding carboxylic acids is 1. The molecule has 4 nitrogen and oxygen atoms in total. The molecule has 1 heterocycles. The summed E-state index contributed by atoms with van der Waals surface area (Å²) < 4.78 is 4.65. The first-order valence-corrected chi connectivity index (χ1v) is 4.07. The lowest BCUT2D eigenvalue weighted by molar-refractivity contribution is 0.174. The molecule has 0 unspecified atom stereocenters. The minimum atomic E-state index is -0.529. The lowest BCUT2D eigenvalue weighted by atomic mass is 10.7. The normalized spacial score (nSPS) is 9.00. The molecule has 0 saturated carbocycles. The zero-order valence-corrected chi connectivity index (χ0v) is 7.06. The summed E-state index contributed by atoms with van der Waals surface area (Å²) in [7, 11) is 0. The first kappa shape index (κ1) is 8.73. The second-order valence-corrected chi connectivity index (χ2v) is 2.65. The van der Waals surface area contributed by atoms with Crippen molar-refractivity contribution in [2.24, 2.45) is 0 Å². The van der Waals surface area contributed by atoms with Gasteiger partial charge in [0.05, 0.1) is 0 Å². The second-order valence-electron chi connectivity index (χ2n) is 1.79. The van der Waals surface area contributed by atoms with Crippen LogP contribution in [0.15, 0.2) is 18.0 Å². The third-order valence-corrected chi connectivity index (χ3v) is 1.57. The maximum atomic E-state index is 10.8. The van der Waals surface area contributed by atoms with Gasteiger partial charge in [-0.1, -0.05) is 12.7 Å². The molecule has 1 radical (unpaired) electrons. The van der Waals surface area contributed by atoms with Gasteiger partial charge in [0.1, 0.15) is 12.8 Å². The number of thiazole rings is 1. The lowest BCUT2D eigenvalue weighted by Crippen LogP contribution is -2.13. The van der Waals surface area contributed by atoms with Crippen LogP contribution in [0.25, 0.3) is 0 Å². The van der Waals surface area contributed by atoms with E-state index in [1.807, 2.05) is 0 Å². The Morgan fingerprint density at radius 2 is 2.83 bits per heavy atom. The summed E-state index contributed by atoms with van der Waals surface area (Å²) in [5.41, 5.74) is 0. The van der Waals surface area contributed by atoms with Gasteiger partial charge in [-0.15, -0.1) is 11.3 Å². The Bertz CT molecular complexity index is 258. The van der Waals surface area contributed by atoms with Gasteiger partial charge in [-0.25, -0.2) is 9.78 Å². The lowest BCUT2D eigenvalue weighted by Gasteiger charge is -2.00. The van der Waals surface area contributed by atoms with Crippen LogP contribution in [0.4, 0.5) is 9.93 Å². The molecular formula is C7H7N2O2S. The van der Waals surface area contributed by atoms with Gasteiger partial charge in [0.25, 0.3) is 0 Å². The highest BCUT2D eigenvalue weighted by atomic mass is 32.1. The number of hydrogen-bond acceptors (Lipinski definition) is 4. The van der Waals surface area contributed by atoms with Gasteiger partial charge in [-0.05, 0) is 0 Å². The number of rotatable bonds is 3. The molecule has 0 aliphatic rings. The van der Waals surface area contributed by atoms with Crippen LogP contribution < -0.4 is 5.32 Å². The molecule has 1 aromatic rings. The summed E-state index contributed by atoms with van der Waals surface area (Å²) >= 11 is 1.28. The minimum Gasteiger partial charge on any atom is -0.445 e. The zero-order chi connectivity index (χ0) is 8.81. The van der Waals surface area contributed by atoms with Gasteiger partial charge in [0.15, 0.2) is 5.13 Å². The molecule has 63 valence electrons. The highest BCUT2D eigenvalue weighted by molar-refractivity contribution is 7.13. The second kappa shape index (κ2) is 4.50. The summed E-state index contributed by atoms with van der Waals surface area (Å²) in [4.78, 5) is 14.6. The predicted molar refractivity (Wildman–Crippen MR) is 46.1 cm³/mol. The molecule has 0 fully saturated rings. The fourth-order valence-corrected chi connectivity index (χ4v) is 0.974. The van der Waals surface area contributed by atoms with Crippen molar-refractivity contribution in [3.05, 3.63) is 24.2 Å². The molecule has 1 N–H and O–H groups in total. The third kappa shape index (κ3) is 2.71. The average Bonchev–Trinajstić information content (AvgIpc) is 2.53. The molecule has 0 spiro atoms. The van der Waals surface area contributed by atoms with Gasteiger partial charge in [-0.2, -0.15) is 0 Å². The molecule has 1 rings (SSSR count). The standard InChI is InChI=1S/C7H7N2O2S/c1-2-4-11-7(10)9-6-8-3-5-12-6/h2,5H,1,4H2,(H,8,9,10). The Balaban J connectivity index is 2.32. The molecule has 0 aliphatic heterocycles. The van der Waals surface area contributed by atoms with Crippen LogP contribution in [0.3, 0.4) is 0 Å². The van der Waals surface area contributed by atoms with Gasteiger partial charge >= 0.3 is 6.09 Å². The maximum Gasteiger partial charge on any atom is 0.413 e. The van der Waals surface area contributed by atoms with Gasteiger partial charge in [0, 0.05) is 5.38 Å². The van der Waals surface area contributed by atoms with Crippen molar-refractivity contribution in [3.63, 3.8) is 0 Å². The summed E-state index contributed by atoms with van der Waals surface area (Å²) in [6.07, 6.45) is 3.53. The molecule has 0 aliphatic carbocycles. The number of nitrogens with one attached hydrogen (secondary N) is 1. The van der Waals surface area contributed by atoms with E-state index in [2.05, 4.69) is 27.8 Å². The fourth-order valence-electron chi connectivity index (χ4n) is 0.509. The number of carbonyl (C=O) groups is 1. The van der Waals surface area contributed by atoms with E-state index in [-0.39, 0.29) is 6.61 Å². The Hall–Kier alpha value is -1.36. The monoisotopic (exact) mass is 183 g/mol. The van der Waals surface area contributed by atoms with Crippen LogP contribution >= 0.6 is 11.3 Å². The average molecular weight is 183 g/mol. The first-order chi connectivity index (χ1) is 5.83. The SMILES string of the molecule is C=CCOC(=O)Nc1n[c]cs1. The number of anilines is 1. The molecular weight excluding hydrogens is 176 g/mol. The molecule has 0 aromatic carbocycles. The summed E-state index contributed by atoms with van der Waals surface area (Å²) in [6, 6.07) is 0. The van der Waals surface area contributed by atoms with Crippen LogP contribution in [0.1, 0.15) is 0 Å². The van der Waals surface area contributed by atoms with Crippen molar-refractivity contribution in [2.75, 3.05) is 11.9 Å². The molecule has 1 aromatic heterocycles. The van der Waals surface area contributed by atoms with Crippen molar-refractivity contribution in [1.82, 2.24) is 4.98 Å². The van der Waals surface area contributed by atoms with Gasteiger partial charge < -0.3 is 4.74 Å². The number of aromatic nitrogens is 1. The highest BCUT2D eigenvalue weighted by Gasteiger charge is 2.02. The quantitative estimate of drug-likeness (QED) is 0.725. The van der Waals surface area contributed by atoms with Crippen LogP contribution in [-0.2, 0) is 4.74 Å². The van der Waals surface area contributed by atoms with Crippen LogP contribution in [0, 0.1) is 6.20 Å². The highest BCUT2D eigenvalue weighted by Crippen LogP contribution is 2.09. The topological polar surface area (TPSA) is 51.2 Å². The summed E-state index contributed by atoms with van der Waals surface area (Å²) in [5.74, 6) is 0. The number of ether oxygens (including phenoxy) is 1. The van der Waals surface area contributed by atoms with E-state index in [1.54, 1.807) is 5.38 Å². The number of hydrogen-bond donors (Lipinski definition) is 1. The summed E-state index contributed by atoms with van der Waals surface area (Å²) in [6.45, 7) is 3.60. The van der Waals surface area contributed by atoms with Crippen molar-refractivity contribution in [1.29, 1.82) is 0 Å². The minimum absolute atomic E-state index is 0.195. The van der Waals surface area contributed by atoms with Crippen molar-refractivity contribution >= 4 is 22.6 Å². The molecule has 12 heavy (non-hydrogen) atoms. The molecule has 1 amide bonds. The van der Waals surface area contributed by atoms with E-state index in [4.69, 9.17) is 0 Å². The third-order valence-electron chi connectivity index (χ3n) is 0.931. The first-order valence-electron chi connectivity index (χ1n) is 3.19. The molecule has 5 heteroatoms. The van der Waals surface area contributed by atoms with Crippen LogP contribution in [-0.4, -0.2) is 17.7 Å². The predicted octanol–water partition coefficient (Wildman–Crippen LogP) is 1.68.